The second kappa shape index (κ2) is 5.20. The van der Waals surface area contributed by atoms with Crippen molar-refractivity contribution >= 4 is 11.5 Å². The highest BCUT2D eigenvalue weighted by atomic mass is 16.6. The lowest BCUT2D eigenvalue weighted by atomic mass is 10.1. The van der Waals surface area contributed by atoms with E-state index >= 15 is 0 Å². The van der Waals surface area contributed by atoms with Crippen molar-refractivity contribution in [1.82, 2.24) is 9.78 Å². The predicted molar refractivity (Wildman–Crippen MR) is 75.7 cm³/mol. The van der Waals surface area contributed by atoms with Crippen molar-refractivity contribution in [3.8, 4) is 17.0 Å². The van der Waals surface area contributed by atoms with Gasteiger partial charge in [-0.3, -0.25) is 10.1 Å². The first-order valence-electron chi connectivity index (χ1n) is 6.12. The first-order valence-corrected chi connectivity index (χ1v) is 6.12. The fourth-order valence-electron chi connectivity index (χ4n) is 1.96. The number of ether oxygens (including phenoxy) is 1. The summed E-state index contributed by atoms with van der Waals surface area (Å²) in [6.07, 6.45) is 0. The van der Waals surface area contributed by atoms with Crippen LogP contribution in [0.25, 0.3) is 11.3 Å². The van der Waals surface area contributed by atoms with Gasteiger partial charge in [0.05, 0.1) is 17.7 Å². The molecule has 0 bridgehead atoms. The normalized spacial score (nSPS) is 10.8. The third kappa shape index (κ3) is 2.42. The van der Waals surface area contributed by atoms with Gasteiger partial charge in [-0.2, -0.15) is 5.10 Å². The van der Waals surface area contributed by atoms with E-state index in [4.69, 9.17) is 10.5 Å². The first-order chi connectivity index (χ1) is 9.43. The van der Waals surface area contributed by atoms with Gasteiger partial charge in [0.15, 0.2) is 5.75 Å². The fourth-order valence-corrected chi connectivity index (χ4v) is 1.96. The van der Waals surface area contributed by atoms with Crippen molar-refractivity contribution < 1.29 is 9.66 Å². The van der Waals surface area contributed by atoms with Crippen LogP contribution in [-0.4, -0.2) is 21.8 Å². The van der Waals surface area contributed by atoms with Gasteiger partial charge in [-0.05, 0) is 26.0 Å². The minimum atomic E-state index is -0.481. The molecule has 0 saturated heterocycles. The van der Waals surface area contributed by atoms with Crippen LogP contribution in [0.4, 0.5) is 11.5 Å². The van der Waals surface area contributed by atoms with Crippen LogP contribution >= 0.6 is 0 Å². The Labute approximate surface area is 116 Å². The Kier molecular flexibility index (Phi) is 3.60. The Bertz CT molecular complexity index is 649. The van der Waals surface area contributed by atoms with Crippen molar-refractivity contribution in [1.29, 1.82) is 0 Å². The Morgan fingerprint density at radius 3 is 2.60 bits per heavy atom. The SMILES string of the molecule is COc1ccc(-c2cc(N)n(C(C)C)n2)cc1[N+](=O)[O-]. The van der Waals surface area contributed by atoms with Crippen LogP contribution in [0.1, 0.15) is 19.9 Å². The third-order valence-electron chi connectivity index (χ3n) is 2.93. The number of nitrogens with zero attached hydrogens (tertiary/aromatic N) is 3. The van der Waals surface area contributed by atoms with E-state index in [1.807, 2.05) is 13.8 Å². The van der Waals surface area contributed by atoms with Gasteiger partial charge in [0.25, 0.3) is 0 Å². The number of nitrogens with two attached hydrogens (primary N) is 1. The number of hydrogen-bond donors (Lipinski definition) is 1. The van der Waals surface area contributed by atoms with E-state index in [1.54, 1.807) is 22.9 Å². The molecule has 0 unspecified atom stereocenters. The van der Waals surface area contributed by atoms with Gasteiger partial charge in [-0.25, -0.2) is 4.68 Å². The van der Waals surface area contributed by atoms with Crippen molar-refractivity contribution in [2.75, 3.05) is 12.8 Å². The van der Waals surface area contributed by atoms with E-state index in [9.17, 15) is 10.1 Å². The van der Waals surface area contributed by atoms with Gasteiger partial charge in [0.2, 0.25) is 0 Å². The van der Waals surface area contributed by atoms with Gasteiger partial charge < -0.3 is 10.5 Å². The number of nitro benzene ring substituents is 1. The molecule has 0 atom stereocenters. The molecule has 7 nitrogen and oxygen atoms in total. The smallest absolute Gasteiger partial charge is 0.311 e. The Balaban J connectivity index is 2.50. The van der Waals surface area contributed by atoms with E-state index in [1.165, 1.54) is 13.2 Å². The maximum absolute atomic E-state index is 11.0. The quantitative estimate of drug-likeness (QED) is 0.684. The van der Waals surface area contributed by atoms with Gasteiger partial charge in [0.1, 0.15) is 5.82 Å². The third-order valence-corrected chi connectivity index (χ3v) is 2.93. The molecule has 0 amide bonds. The molecule has 2 aromatic rings. The molecule has 0 saturated carbocycles. The number of methoxy groups -OCH3 is 1. The number of nitro groups is 1. The average molecular weight is 276 g/mol. The molecule has 20 heavy (non-hydrogen) atoms. The van der Waals surface area contributed by atoms with Crippen molar-refractivity contribution in [3.05, 3.63) is 34.4 Å². The van der Waals surface area contributed by atoms with E-state index < -0.39 is 4.92 Å². The number of benzene rings is 1. The lowest BCUT2D eigenvalue weighted by molar-refractivity contribution is -0.385. The molecule has 106 valence electrons. The summed E-state index contributed by atoms with van der Waals surface area (Å²) in [5.41, 5.74) is 7.01. The Hall–Kier alpha value is -2.57. The van der Waals surface area contributed by atoms with E-state index in [2.05, 4.69) is 5.10 Å². The summed E-state index contributed by atoms with van der Waals surface area (Å²) in [5, 5.41) is 15.4. The molecular formula is C13H16N4O3. The van der Waals surface area contributed by atoms with Crippen molar-refractivity contribution in [2.24, 2.45) is 0 Å². The molecule has 1 aromatic carbocycles. The van der Waals surface area contributed by atoms with Crippen LogP contribution in [0.15, 0.2) is 24.3 Å². The second-order valence-corrected chi connectivity index (χ2v) is 4.64. The lowest BCUT2D eigenvalue weighted by Crippen LogP contribution is -2.06. The molecule has 0 fully saturated rings. The summed E-state index contributed by atoms with van der Waals surface area (Å²) in [7, 11) is 1.40. The summed E-state index contributed by atoms with van der Waals surface area (Å²) >= 11 is 0. The number of aromatic nitrogens is 2. The van der Waals surface area contributed by atoms with Crippen LogP contribution in [0, 0.1) is 10.1 Å². The average Bonchev–Trinajstić information content (AvgIpc) is 2.80. The summed E-state index contributed by atoms with van der Waals surface area (Å²) in [6.45, 7) is 3.92. The molecule has 1 aromatic heterocycles. The van der Waals surface area contributed by atoms with E-state index in [-0.39, 0.29) is 17.5 Å². The monoisotopic (exact) mass is 276 g/mol. The molecule has 0 radical (unpaired) electrons. The zero-order chi connectivity index (χ0) is 14.9. The van der Waals surface area contributed by atoms with Crippen LogP contribution in [0.3, 0.4) is 0 Å². The number of nitrogen functional groups attached to an aromatic ring is 1. The minimum absolute atomic E-state index is 0.0948. The Morgan fingerprint density at radius 1 is 1.40 bits per heavy atom. The molecule has 0 aliphatic carbocycles. The molecule has 1 heterocycles. The maximum atomic E-state index is 11.0. The highest BCUT2D eigenvalue weighted by molar-refractivity contribution is 5.67. The van der Waals surface area contributed by atoms with Gasteiger partial charge in [0, 0.05) is 23.7 Å². The zero-order valence-corrected chi connectivity index (χ0v) is 11.5. The standard InChI is InChI=1S/C13H16N4O3/c1-8(2)16-13(14)7-10(15-16)9-4-5-12(20-3)11(6-9)17(18)19/h4-8H,14H2,1-3H3. The summed E-state index contributed by atoms with van der Waals surface area (Å²) in [6, 6.07) is 6.53. The minimum Gasteiger partial charge on any atom is -0.490 e. The number of rotatable bonds is 4. The van der Waals surface area contributed by atoms with Crippen LogP contribution < -0.4 is 10.5 Å². The van der Waals surface area contributed by atoms with E-state index in [0.29, 0.717) is 17.1 Å². The summed E-state index contributed by atoms with van der Waals surface area (Å²) in [4.78, 5) is 10.5. The number of anilines is 1. The Morgan fingerprint density at radius 2 is 2.10 bits per heavy atom. The largest absolute Gasteiger partial charge is 0.490 e. The molecule has 0 aliphatic heterocycles. The predicted octanol–water partition coefficient (Wildman–Crippen LogP) is 2.63. The summed E-state index contributed by atoms with van der Waals surface area (Å²) < 4.78 is 6.64. The van der Waals surface area contributed by atoms with E-state index in [0.717, 1.165) is 0 Å². The number of hydrogen-bond acceptors (Lipinski definition) is 5. The molecule has 0 aliphatic rings. The highest BCUT2D eigenvalue weighted by Gasteiger charge is 2.17. The van der Waals surface area contributed by atoms with Crippen LogP contribution in [-0.2, 0) is 0 Å². The molecule has 7 heteroatoms. The van der Waals surface area contributed by atoms with Gasteiger partial charge in [-0.1, -0.05) is 0 Å². The topological polar surface area (TPSA) is 96.2 Å². The maximum Gasteiger partial charge on any atom is 0.311 e. The molecular weight excluding hydrogens is 260 g/mol. The van der Waals surface area contributed by atoms with Gasteiger partial charge >= 0.3 is 5.69 Å². The molecule has 2 rings (SSSR count). The molecule has 2 N–H and O–H groups in total. The summed E-state index contributed by atoms with van der Waals surface area (Å²) in [5.74, 6) is 0.739. The lowest BCUT2D eigenvalue weighted by Gasteiger charge is -2.06. The zero-order valence-electron chi connectivity index (χ0n) is 11.5. The van der Waals surface area contributed by atoms with Crippen LogP contribution in [0.2, 0.25) is 0 Å². The van der Waals surface area contributed by atoms with Crippen molar-refractivity contribution in [2.45, 2.75) is 19.9 Å². The fraction of sp³-hybridized carbons (Fsp3) is 0.308. The van der Waals surface area contributed by atoms with Gasteiger partial charge in [-0.15, -0.1) is 0 Å². The first kappa shape index (κ1) is 13.9. The van der Waals surface area contributed by atoms with Crippen molar-refractivity contribution in [3.63, 3.8) is 0 Å². The van der Waals surface area contributed by atoms with Crippen LogP contribution in [0.5, 0.6) is 5.75 Å². The highest BCUT2D eigenvalue weighted by Crippen LogP contribution is 2.32. The second-order valence-electron chi connectivity index (χ2n) is 4.64. The molecule has 0 spiro atoms.